The van der Waals surface area contributed by atoms with Crippen molar-refractivity contribution in [3.63, 3.8) is 0 Å². The molecule has 0 saturated carbocycles. The topological polar surface area (TPSA) is 132 Å². The van der Waals surface area contributed by atoms with E-state index in [4.69, 9.17) is 13.9 Å². The lowest BCUT2D eigenvalue weighted by molar-refractivity contribution is -0.402. The van der Waals surface area contributed by atoms with E-state index in [0.29, 0.717) is 11.3 Å². The average Bonchev–Trinajstić information content (AvgIpc) is 3.31. The van der Waals surface area contributed by atoms with Gasteiger partial charge >= 0.3 is 17.8 Å². The molecule has 1 aromatic heterocycles. The van der Waals surface area contributed by atoms with Gasteiger partial charge in [0, 0.05) is 12.2 Å². The summed E-state index contributed by atoms with van der Waals surface area (Å²) in [4.78, 5) is 37.4. The number of carbonyl (C=O) groups excluding carboxylic acids is 2. The van der Waals surface area contributed by atoms with Crippen LogP contribution in [0.2, 0.25) is 0 Å². The second-order valence-corrected chi connectivity index (χ2v) is 7.47. The Kier molecular flexibility index (Phi) is 7.64. The summed E-state index contributed by atoms with van der Waals surface area (Å²) in [6.45, 7) is 1.83. The Morgan fingerprint density at radius 2 is 1.74 bits per heavy atom. The molecule has 34 heavy (non-hydrogen) atoms. The Labute approximate surface area is 195 Å². The molecule has 1 aromatic carbocycles. The third-order valence-electron chi connectivity index (χ3n) is 5.28. The zero-order valence-corrected chi connectivity index (χ0v) is 18.9. The molecule has 0 spiro atoms. The number of hydrogen-bond donors (Lipinski definition) is 1. The highest BCUT2D eigenvalue weighted by Gasteiger charge is 2.27. The molecular formula is C24H24N2O8. The van der Waals surface area contributed by atoms with Crippen molar-refractivity contribution in [2.45, 2.75) is 26.1 Å². The van der Waals surface area contributed by atoms with Crippen molar-refractivity contribution >= 4 is 23.4 Å². The van der Waals surface area contributed by atoms with Crippen molar-refractivity contribution in [3.8, 4) is 0 Å². The van der Waals surface area contributed by atoms with Crippen molar-refractivity contribution in [1.29, 1.82) is 0 Å². The number of nitro groups is 1. The molecule has 0 bridgehead atoms. The number of aliphatic hydroxyl groups is 1. The number of nitrogens with zero attached hydrogens (tertiary/aromatic N) is 2. The van der Waals surface area contributed by atoms with Gasteiger partial charge in [-0.1, -0.05) is 30.3 Å². The van der Waals surface area contributed by atoms with Gasteiger partial charge in [0.15, 0.2) is 0 Å². The first-order chi connectivity index (χ1) is 16.3. The van der Waals surface area contributed by atoms with Gasteiger partial charge in [-0.3, -0.25) is 10.1 Å². The van der Waals surface area contributed by atoms with Gasteiger partial charge in [-0.05, 0) is 35.8 Å². The number of methoxy groups -OCH3 is 2. The van der Waals surface area contributed by atoms with Gasteiger partial charge in [0.25, 0.3) is 0 Å². The number of benzene rings is 1. The van der Waals surface area contributed by atoms with Crippen molar-refractivity contribution < 1.29 is 33.5 Å². The van der Waals surface area contributed by atoms with Crippen molar-refractivity contribution in [3.05, 3.63) is 92.9 Å². The van der Waals surface area contributed by atoms with E-state index in [0.717, 1.165) is 11.1 Å². The Bertz CT molecular complexity index is 1170. The van der Waals surface area contributed by atoms with Crippen LogP contribution in [0.4, 0.5) is 5.88 Å². The van der Waals surface area contributed by atoms with Gasteiger partial charge in [-0.2, -0.15) is 0 Å². The Balaban J connectivity index is 2.14. The summed E-state index contributed by atoms with van der Waals surface area (Å²) in [6, 6.07) is 9.48. The molecule has 0 aliphatic carbocycles. The lowest BCUT2D eigenvalue weighted by Crippen LogP contribution is -2.29. The highest BCUT2D eigenvalue weighted by atomic mass is 16.6. The first-order valence-corrected chi connectivity index (χ1v) is 10.3. The monoisotopic (exact) mass is 468 g/mol. The van der Waals surface area contributed by atoms with Crippen LogP contribution in [-0.4, -0.2) is 47.1 Å². The van der Waals surface area contributed by atoms with Gasteiger partial charge in [0.05, 0.1) is 44.6 Å². The van der Waals surface area contributed by atoms with E-state index in [-0.39, 0.29) is 30.3 Å². The summed E-state index contributed by atoms with van der Waals surface area (Å²) in [7, 11) is 2.41. The van der Waals surface area contributed by atoms with Crippen LogP contribution >= 0.6 is 0 Å². The van der Waals surface area contributed by atoms with E-state index in [1.54, 1.807) is 35.2 Å². The number of rotatable bonds is 7. The number of furan rings is 1. The standard InChI is InChI=1S/C24H24N2O8/c1-15-10-18(17-6-4-16(14-27)5-7-17)11-20(23(28)32-2)21(24(29)33-3)13-25(15)12-19-8-9-22(34-19)26(30)31/h4-11,13,15,27H,12,14H2,1-3H3. The fourth-order valence-electron chi connectivity index (χ4n) is 3.44. The van der Waals surface area contributed by atoms with Crippen LogP contribution in [0.5, 0.6) is 0 Å². The zero-order chi connectivity index (χ0) is 24.8. The van der Waals surface area contributed by atoms with Crippen LogP contribution in [0.1, 0.15) is 23.8 Å². The Morgan fingerprint density at radius 1 is 1.09 bits per heavy atom. The third kappa shape index (κ3) is 5.41. The molecule has 3 rings (SSSR count). The van der Waals surface area contributed by atoms with Gasteiger partial charge < -0.3 is 23.9 Å². The van der Waals surface area contributed by atoms with Crippen LogP contribution in [0.15, 0.2) is 70.3 Å². The minimum Gasteiger partial charge on any atom is -0.465 e. The minimum absolute atomic E-state index is 0.0193. The highest BCUT2D eigenvalue weighted by Crippen LogP contribution is 2.29. The van der Waals surface area contributed by atoms with E-state index in [1.807, 2.05) is 13.0 Å². The van der Waals surface area contributed by atoms with Gasteiger partial charge in [0.1, 0.15) is 10.7 Å². The fourth-order valence-corrected chi connectivity index (χ4v) is 3.44. The normalized spacial score (nSPS) is 15.9. The summed E-state index contributed by atoms with van der Waals surface area (Å²) in [6.07, 6.45) is 4.88. The first-order valence-electron chi connectivity index (χ1n) is 10.3. The van der Waals surface area contributed by atoms with E-state index >= 15 is 0 Å². The van der Waals surface area contributed by atoms with Crippen LogP contribution < -0.4 is 0 Å². The van der Waals surface area contributed by atoms with Crippen LogP contribution in [0, 0.1) is 10.1 Å². The summed E-state index contributed by atoms with van der Waals surface area (Å²) in [5.74, 6) is -1.60. The summed E-state index contributed by atoms with van der Waals surface area (Å²) in [5.41, 5.74) is 2.03. The van der Waals surface area contributed by atoms with Gasteiger partial charge in [-0.15, -0.1) is 0 Å². The van der Waals surface area contributed by atoms with Crippen LogP contribution in [0.3, 0.4) is 0 Å². The Morgan fingerprint density at radius 3 is 2.29 bits per heavy atom. The number of allylic oxidation sites excluding steroid dienone is 2. The minimum atomic E-state index is -0.754. The molecule has 0 saturated heterocycles. The van der Waals surface area contributed by atoms with Crippen molar-refractivity contribution in [2.75, 3.05) is 14.2 Å². The van der Waals surface area contributed by atoms with Crippen molar-refractivity contribution in [1.82, 2.24) is 4.90 Å². The van der Waals surface area contributed by atoms with Gasteiger partial charge in [0.2, 0.25) is 0 Å². The lowest BCUT2D eigenvalue weighted by Gasteiger charge is -2.28. The maximum atomic E-state index is 12.7. The first kappa shape index (κ1) is 24.5. The summed E-state index contributed by atoms with van der Waals surface area (Å²) in [5, 5.41) is 20.3. The maximum Gasteiger partial charge on any atom is 0.433 e. The summed E-state index contributed by atoms with van der Waals surface area (Å²) < 4.78 is 15.1. The lowest BCUT2D eigenvalue weighted by atomic mass is 9.95. The molecular weight excluding hydrogens is 444 g/mol. The number of esters is 2. The van der Waals surface area contributed by atoms with E-state index < -0.39 is 22.7 Å². The molecule has 2 heterocycles. The third-order valence-corrected chi connectivity index (χ3v) is 5.28. The van der Waals surface area contributed by atoms with Crippen molar-refractivity contribution in [2.24, 2.45) is 0 Å². The molecule has 0 amide bonds. The number of aliphatic hydroxyl groups excluding tert-OH is 1. The number of hydrogen-bond acceptors (Lipinski definition) is 9. The molecule has 0 fully saturated rings. The average molecular weight is 468 g/mol. The molecule has 1 N–H and O–H groups in total. The highest BCUT2D eigenvalue weighted by molar-refractivity contribution is 6.08. The fraction of sp³-hybridized carbons (Fsp3) is 0.250. The second-order valence-electron chi connectivity index (χ2n) is 7.47. The smallest absolute Gasteiger partial charge is 0.433 e. The largest absolute Gasteiger partial charge is 0.465 e. The van der Waals surface area contributed by atoms with E-state index in [1.165, 1.54) is 32.6 Å². The Hall–Kier alpha value is -4.18. The molecule has 2 aromatic rings. The molecule has 0 radical (unpaired) electrons. The molecule has 1 unspecified atom stereocenters. The van der Waals surface area contributed by atoms with Crippen LogP contribution in [0.25, 0.3) is 5.57 Å². The second kappa shape index (κ2) is 10.6. The number of carbonyl (C=O) groups is 2. The SMILES string of the molecule is COC(=O)C1=CC(c2ccc(CO)cc2)=CC(C)N(Cc2ccc([N+](=O)[O-])o2)C=C1C(=O)OC. The molecule has 178 valence electrons. The predicted molar refractivity (Wildman–Crippen MR) is 121 cm³/mol. The van der Waals surface area contributed by atoms with E-state index in [9.17, 15) is 24.8 Å². The molecule has 10 heteroatoms. The molecule has 10 nitrogen and oxygen atoms in total. The van der Waals surface area contributed by atoms with Gasteiger partial charge in [-0.25, -0.2) is 9.59 Å². The predicted octanol–water partition coefficient (Wildman–Crippen LogP) is 3.12. The molecule has 1 aliphatic heterocycles. The van der Waals surface area contributed by atoms with Crippen LogP contribution in [-0.2, 0) is 32.2 Å². The maximum absolute atomic E-state index is 12.7. The quantitative estimate of drug-likeness (QED) is 0.370. The zero-order valence-electron chi connectivity index (χ0n) is 18.9. The molecule has 1 aliphatic rings. The number of ether oxygens (including phenoxy) is 2. The summed E-state index contributed by atoms with van der Waals surface area (Å²) >= 11 is 0. The van der Waals surface area contributed by atoms with E-state index in [2.05, 4.69) is 0 Å². The molecule has 1 atom stereocenters.